The molecule has 1 amide bonds. The second-order valence-corrected chi connectivity index (χ2v) is 10.5. The number of rotatable bonds is 7. The van der Waals surface area contributed by atoms with Crippen LogP contribution in [0, 0.1) is 6.92 Å². The van der Waals surface area contributed by atoms with Crippen LogP contribution in [0.2, 0.25) is 5.02 Å². The van der Waals surface area contributed by atoms with E-state index in [1.165, 1.54) is 11.8 Å². The van der Waals surface area contributed by atoms with Crippen molar-refractivity contribution in [1.82, 2.24) is 14.8 Å². The van der Waals surface area contributed by atoms with Gasteiger partial charge in [-0.15, -0.1) is 10.2 Å². The van der Waals surface area contributed by atoms with E-state index in [9.17, 15) is 4.79 Å². The Morgan fingerprint density at radius 2 is 1.82 bits per heavy atom. The Hall–Kier alpha value is -2.51. The van der Waals surface area contributed by atoms with Gasteiger partial charge in [-0.3, -0.25) is 9.36 Å². The Bertz CT molecular complexity index is 1140. The lowest BCUT2D eigenvalue weighted by Gasteiger charge is -2.20. The van der Waals surface area contributed by atoms with Crippen LogP contribution in [0.1, 0.15) is 50.7 Å². The van der Waals surface area contributed by atoms with Crippen molar-refractivity contribution in [3.63, 3.8) is 0 Å². The maximum Gasteiger partial charge on any atom is 0.237 e. The lowest BCUT2D eigenvalue weighted by atomic mass is 9.98. The van der Waals surface area contributed by atoms with Crippen molar-refractivity contribution in [3.8, 4) is 5.69 Å². The first-order chi connectivity index (χ1) is 15.8. The van der Waals surface area contributed by atoms with Crippen LogP contribution >= 0.6 is 23.4 Å². The minimum atomic E-state index is -0.363. The molecule has 1 aliphatic heterocycles. The monoisotopic (exact) mass is 483 g/mol. The van der Waals surface area contributed by atoms with E-state index in [4.69, 9.17) is 11.6 Å². The van der Waals surface area contributed by atoms with Gasteiger partial charge in [-0.25, -0.2) is 0 Å². The molecule has 1 atom stereocenters. The predicted octanol–water partition coefficient (Wildman–Crippen LogP) is 6.07. The Balaban J connectivity index is 1.61. The highest BCUT2D eigenvalue weighted by atomic mass is 35.5. The van der Waals surface area contributed by atoms with Crippen molar-refractivity contribution < 1.29 is 4.79 Å². The number of aromatic nitrogens is 3. The molecule has 0 bridgehead atoms. The second kappa shape index (κ2) is 10.2. The molecule has 2 heterocycles. The first-order valence-electron chi connectivity index (χ1n) is 11.4. The third kappa shape index (κ3) is 5.20. The summed E-state index contributed by atoms with van der Waals surface area (Å²) in [6, 6.07) is 13.8. The average Bonchev–Trinajstić information content (AvgIpc) is 3.44. The number of hydrogen-bond donors (Lipinski definition) is 1. The van der Waals surface area contributed by atoms with Crippen LogP contribution in [0.3, 0.4) is 0 Å². The highest BCUT2D eigenvalue weighted by Gasteiger charge is 2.26. The normalized spacial score (nSPS) is 14.7. The van der Waals surface area contributed by atoms with E-state index in [1.807, 2.05) is 54.8 Å². The van der Waals surface area contributed by atoms with Crippen molar-refractivity contribution in [1.29, 1.82) is 0 Å². The van der Waals surface area contributed by atoms with Crippen molar-refractivity contribution in [3.05, 3.63) is 58.6 Å². The molecule has 33 heavy (non-hydrogen) atoms. The predicted molar refractivity (Wildman–Crippen MR) is 137 cm³/mol. The van der Waals surface area contributed by atoms with Crippen molar-refractivity contribution >= 4 is 40.9 Å². The summed E-state index contributed by atoms with van der Waals surface area (Å²) in [7, 11) is 0. The SMILES string of the molecule is Cc1cccc(C(C)C)c1NC(=O)C(C)Sc1nnc(N2CCCC2)n1-c1cccc(Cl)c1. The second-order valence-electron chi connectivity index (χ2n) is 8.74. The number of amides is 1. The molecular formula is C25H30ClN5OS. The number of nitrogens with one attached hydrogen (secondary N) is 1. The number of benzene rings is 2. The van der Waals surface area contributed by atoms with Crippen molar-refractivity contribution in [2.24, 2.45) is 0 Å². The molecule has 2 aromatic carbocycles. The fourth-order valence-corrected chi connectivity index (χ4v) is 5.13. The fraction of sp³-hybridized carbons (Fsp3) is 0.400. The van der Waals surface area contributed by atoms with Gasteiger partial charge in [0.2, 0.25) is 11.9 Å². The molecule has 8 heteroatoms. The van der Waals surface area contributed by atoms with E-state index < -0.39 is 0 Å². The third-order valence-electron chi connectivity index (χ3n) is 5.90. The van der Waals surface area contributed by atoms with E-state index in [1.54, 1.807) is 0 Å². The highest BCUT2D eigenvalue weighted by Crippen LogP contribution is 2.33. The molecule has 0 aliphatic carbocycles. The summed E-state index contributed by atoms with van der Waals surface area (Å²) in [6.07, 6.45) is 2.27. The van der Waals surface area contributed by atoms with E-state index in [2.05, 4.69) is 40.3 Å². The van der Waals surface area contributed by atoms with Crippen molar-refractivity contribution in [2.75, 3.05) is 23.3 Å². The van der Waals surface area contributed by atoms with E-state index in [0.717, 1.165) is 54.4 Å². The summed E-state index contributed by atoms with van der Waals surface area (Å²) in [4.78, 5) is 15.4. The third-order valence-corrected chi connectivity index (χ3v) is 7.18. The zero-order valence-corrected chi connectivity index (χ0v) is 21.1. The summed E-state index contributed by atoms with van der Waals surface area (Å²) in [6.45, 7) is 10.1. The molecule has 3 aromatic rings. The van der Waals surface area contributed by atoms with Crippen LogP contribution in [0.5, 0.6) is 0 Å². The Morgan fingerprint density at radius 3 is 2.52 bits per heavy atom. The molecule has 1 aromatic heterocycles. The minimum Gasteiger partial charge on any atom is -0.341 e. The lowest BCUT2D eigenvalue weighted by Crippen LogP contribution is -2.25. The molecule has 1 aliphatic rings. The van der Waals surface area contributed by atoms with Gasteiger partial charge in [0.05, 0.1) is 10.9 Å². The standard InChI is InChI=1S/C25H30ClN5OS/c1-16(2)21-12-7-9-17(3)22(21)27-23(32)18(4)33-25-29-28-24(30-13-5-6-14-30)31(25)20-11-8-10-19(26)15-20/h7-12,15-16,18H,5-6,13-14H2,1-4H3,(H,27,32). The maximum atomic E-state index is 13.2. The molecule has 1 fully saturated rings. The number of carbonyl (C=O) groups excluding carboxylic acids is 1. The van der Waals surface area contributed by atoms with Gasteiger partial charge < -0.3 is 10.2 Å². The molecule has 0 spiro atoms. The molecule has 174 valence electrons. The number of anilines is 2. The number of aryl methyl sites for hydroxylation is 1. The largest absolute Gasteiger partial charge is 0.341 e. The topological polar surface area (TPSA) is 63.1 Å². The number of halogens is 1. The zero-order chi connectivity index (χ0) is 23.5. The molecule has 0 radical (unpaired) electrons. The molecule has 4 rings (SSSR count). The summed E-state index contributed by atoms with van der Waals surface area (Å²) >= 11 is 7.69. The van der Waals surface area contributed by atoms with Crippen LogP contribution in [-0.2, 0) is 4.79 Å². The summed E-state index contributed by atoms with van der Waals surface area (Å²) < 4.78 is 2.01. The highest BCUT2D eigenvalue weighted by molar-refractivity contribution is 8.00. The van der Waals surface area contributed by atoms with E-state index in [-0.39, 0.29) is 11.2 Å². The molecule has 1 N–H and O–H groups in total. The number of carbonyl (C=O) groups is 1. The fourth-order valence-electron chi connectivity index (χ4n) is 4.08. The number of hydrogen-bond acceptors (Lipinski definition) is 5. The summed E-state index contributed by atoms with van der Waals surface area (Å²) in [5.74, 6) is 1.06. The summed E-state index contributed by atoms with van der Waals surface area (Å²) in [5, 5.41) is 13.1. The quantitative estimate of drug-likeness (QED) is 0.413. The molecule has 6 nitrogen and oxygen atoms in total. The lowest BCUT2D eigenvalue weighted by molar-refractivity contribution is -0.115. The molecule has 1 saturated heterocycles. The van der Waals surface area contributed by atoms with E-state index >= 15 is 0 Å². The molecular weight excluding hydrogens is 454 g/mol. The van der Waals surface area contributed by atoms with Crippen molar-refractivity contribution in [2.45, 2.75) is 56.9 Å². The first kappa shape index (κ1) is 23.6. The van der Waals surface area contributed by atoms with Crippen LogP contribution < -0.4 is 10.2 Å². The van der Waals surface area contributed by atoms with Gasteiger partial charge in [-0.05, 0) is 61.9 Å². The minimum absolute atomic E-state index is 0.0560. The van der Waals surface area contributed by atoms with Crippen LogP contribution in [0.4, 0.5) is 11.6 Å². The summed E-state index contributed by atoms with van der Waals surface area (Å²) in [5.41, 5.74) is 3.99. The van der Waals surface area contributed by atoms with Gasteiger partial charge in [-0.1, -0.05) is 61.5 Å². The average molecular weight is 484 g/mol. The molecule has 0 saturated carbocycles. The van der Waals surface area contributed by atoms with Gasteiger partial charge in [0.15, 0.2) is 5.16 Å². The van der Waals surface area contributed by atoms with E-state index in [0.29, 0.717) is 16.1 Å². The first-order valence-corrected chi connectivity index (χ1v) is 12.6. The van der Waals surface area contributed by atoms with Crippen LogP contribution in [-0.4, -0.2) is 39.0 Å². The Morgan fingerprint density at radius 1 is 1.09 bits per heavy atom. The van der Waals surface area contributed by atoms with Gasteiger partial charge in [0.1, 0.15) is 0 Å². The smallest absolute Gasteiger partial charge is 0.237 e. The number of para-hydroxylation sites is 1. The Kier molecular flexibility index (Phi) is 7.29. The zero-order valence-electron chi connectivity index (χ0n) is 19.5. The van der Waals surface area contributed by atoms with Crippen LogP contribution in [0.15, 0.2) is 47.6 Å². The Labute approximate surface area is 204 Å². The maximum absolute atomic E-state index is 13.2. The van der Waals surface area contributed by atoms with Crippen LogP contribution in [0.25, 0.3) is 5.69 Å². The van der Waals surface area contributed by atoms with Gasteiger partial charge >= 0.3 is 0 Å². The number of nitrogens with zero attached hydrogens (tertiary/aromatic N) is 4. The van der Waals surface area contributed by atoms with Gasteiger partial charge in [0, 0.05) is 23.8 Å². The molecule has 1 unspecified atom stereocenters. The van der Waals surface area contributed by atoms with Gasteiger partial charge in [-0.2, -0.15) is 0 Å². The van der Waals surface area contributed by atoms with Gasteiger partial charge in [0.25, 0.3) is 0 Å². The number of thioether (sulfide) groups is 1.